The number of hydrogen-bond acceptors (Lipinski definition) is 5. The van der Waals surface area contributed by atoms with E-state index >= 15 is 0 Å². The Morgan fingerprint density at radius 2 is 2.19 bits per heavy atom. The number of anilines is 1. The van der Waals surface area contributed by atoms with Gasteiger partial charge in [0.1, 0.15) is 11.5 Å². The van der Waals surface area contributed by atoms with Crippen LogP contribution in [0.15, 0.2) is 17.2 Å². The zero-order chi connectivity index (χ0) is 11.7. The first-order valence-corrected chi connectivity index (χ1v) is 4.85. The van der Waals surface area contributed by atoms with Crippen LogP contribution in [-0.2, 0) is 13.6 Å². The van der Waals surface area contributed by atoms with Gasteiger partial charge in [0, 0.05) is 19.8 Å². The Bertz CT molecular complexity index is 570. The molecule has 0 saturated carbocycles. The van der Waals surface area contributed by atoms with Gasteiger partial charge in [0.15, 0.2) is 0 Å². The van der Waals surface area contributed by atoms with E-state index in [2.05, 4.69) is 15.3 Å². The molecule has 0 radical (unpaired) electrons. The van der Waals surface area contributed by atoms with Crippen molar-refractivity contribution in [1.82, 2.24) is 24.5 Å². The molecule has 2 aromatic rings. The van der Waals surface area contributed by atoms with Crippen LogP contribution in [0.4, 0.5) is 5.82 Å². The molecule has 0 spiro atoms. The fraction of sp³-hybridized carbons (Fsp3) is 0.333. The fourth-order valence-electron chi connectivity index (χ4n) is 1.33. The molecule has 2 aromatic heterocycles. The van der Waals surface area contributed by atoms with Gasteiger partial charge in [-0.15, -0.1) is 5.10 Å². The monoisotopic (exact) mass is 220 g/mol. The zero-order valence-corrected chi connectivity index (χ0v) is 9.08. The summed E-state index contributed by atoms with van der Waals surface area (Å²) in [6.45, 7) is 2.69. The van der Waals surface area contributed by atoms with Crippen LogP contribution < -0.4 is 11.4 Å². The van der Waals surface area contributed by atoms with E-state index in [-0.39, 0.29) is 11.5 Å². The summed E-state index contributed by atoms with van der Waals surface area (Å²) in [5, 5.41) is 7.87. The summed E-state index contributed by atoms with van der Waals surface area (Å²) < 4.78 is 3.04. The van der Waals surface area contributed by atoms with E-state index in [4.69, 9.17) is 5.73 Å². The number of aryl methyl sites for hydroxylation is 2. The fourth-order valence-corrected chi connectivity index (χ4v) is 1.33. The van der Waals surface area contributed by atoms with E-state index in [9.17, 15) is 4.79 Å². The van der Waals surface area contributed by atoms with E-state index in [1.54, 1.807) is 24.1 Å². The van der Waals surface area contributed by atoms with Crippen molar-refractivity contribution in [3.63, 3.8) is 0 Å². The Morgan fingerprint density at radius 1 is 1.44 bits per heavy atom. The molecule has 0 bridgehead atoms. The van der Waals surface area contributed by atoms with Crippen LogP contribution in [0.1, 0.15) is 6.92 Å². The second-order valence-electron chi connectivity index (χ2n) is 3.39. The minimum Gasteiger partial charge on any atom is -0.383 e. The third-order valence-electron chi connectivity index (χ3n) is 2.26. The van der Waals surface area contributed by atoms with Gasteiger partial charge >= 0.3 is 5.69 Å². The van der Waals surface area contributed by atoms with Crippen molar-refractivity contribution in [2.75, 3.05) is 5.73 Å². The maximum Gasteiger partial charge on any atom is 0.349 e. The van der Waals surface area contributed by atoms with Crippen LogP contribution in [0.3, 0.4) is 0 Å². The van der Waals surface area contributed by atoms with Crippen LogP contribution in [0.25, 0.3) is 11.3 Å². The van der Waals surface area contributed by atoms with Crippen molar-refractivity contribution < 1.29 is 0 Å². The average molecular weight is 220 g/mol. The molecule has 2 N–H and O–H groups in total. The molecule has 0 aliphatic rings. The number of aromatic nitrogens is 5. The molecule has 0 aliphatic heterocycles. The molecule has 0 unspecified atom stereocenters. The van der Waals surface area contributed by atoms with Crippen molar-refractivity contribution in [2.45, 2.75) is 13.5 Å². The van der Waals surface area contributed by atoms with Gasteiger partial charge in [-0.05, 0) is 6.92 Å². The number of rotatable bonds is 2. The number of hydrogen-bond donors (Lipinski definition) is 1. The van der Waals surface area contributed by atoms with Crippen LogP contribution in [0, 0.1) is 0 Å². The first-order chi connectivity index (χ1) is 7.61. The van der Waals surface area contributed by atoms with Gasteiger partial charge in [0.05, 0.1) is 11.8 Å². The highest BCUT2D eigenvalue weighted by molar-refractivity contribution is 5.68. The predicted octanol–water partition coefficient (Wildman–Crippen LogP) is -0.359. The Kier molecular flexibility index (Phi) is 2.43. The van der Waals surface area contributed by atoms with Crippen molar-refractivity contribution in [3.05, 3.63) is 22.9 Å². The Labute approximate surface area is 91.5 Å². The molecule has 84 valence electrons. The molecular formula is C9H12N6O. The lowest BCUT2D eigenvalue weighted by molar-refractivity contribution is 0.627. The van der Waals surface area contributed by atoms with E-state index in [1.165, 1.54) is 4.57 Å². The number of nitrogens with two attached hydrogens (primary N) is 1. The van der Waals surface area contributed by atoms with E-state index in [0.29, 0.717) is 11.3 Å². The van der Waals surface area contributed by atoms with Gasteiger partial charge in [-0.2, -0.15) is 4.98 Å². The maximum atomic E-state index is 11.2. The van der Waals surface area contributed by atoms with Crippen molar-refractivity contribution in [3.8, 4) is 11.3 Å². The van der Waals surface area contributed by atoms with Crippen molar-refractivity contribution in [1.29, 1.82) is 0 Å². The molecule has 7 heteroatoms. The summed E-state index contributed by atoms with van der Waals surface area (Å²) in [6, 6.07) is 0. The summed E-state index contributed by atoms with van der Waals surface area (Å²) in [7, 11) is 1.61. The van der Waals surface area contributed by atoms with Gasteiger partial charge in [0.25, 0.3) is 0 Å². The molecule has 0 atom stereocenters. The SMILES string of the molecule is CCn1cc(-c2cn(C)c(=O)nc2N)nn1. The Hall–Kier alpha value is -2.18. The average Bonchev–Trinajstić information content (AvgIpc) is 2.71. The van der Waals surface area contributed by atoms with Crippen molar-refractivity contribution in [2.24, 2.45) is 7.05 Å². The highest BCUT2D eigenvalue weighted by Crippen LogP contribution is 2.19. The molecular weight excluding hydrogens is 208 g/mol. The third-order valence-corrected chi connectivity index (χ3v) is 2.26. The second-order valence-corrected chi connectivity index (χ2v) is 3.39. The molecule has 0 aromatic carbocycles. The summed E-state index contributed by atoms with van der Waals surface area (Å²) in [4.78, 5) is 14.9. The summed E-state index contributed by atoms with van der Waals surface area (Å²) >= 11 is 0. The molecule has 16 heavy (non-hydrogen) atoms. The van der Waals surface area contributed by atoms with Gasteiger partial charge < -0.3 is 10.3 Å². The smallest absolute Gasteiger partial charge is 0.349 e. The van der Waals surface area contributed by atoms with Gasteiger partial charge in [-0.1, -0.05) is 5.21 Å². The Morgan fingerprint density at radius 3 is 2.81 bits per heavy atom. The number of nitrogens with zero attached hydrogens (tertiary/aromatic N) is 5. The highest BCUT2D eigenvalue weighted by atomic mass is 16.1. The minimum absolute atomic E-state index is 0.172. The maximum absolute atomic E-state index is 11.2. The number of nitrogen functional groups attached to an aromatic ring is 1. The van der Waals surface area contributed by atoms with E-state index < -0.39 is 0 Å². The normalized spacial score (nSPS) is 10.6. The molecule has 0 aliphatic carbocycles. The summed E-state index contributed by atoms with van der Waals surface area (Å²) in [6.07, 6.45) is 3.37. The van der Waals surface area contributed by atoms with E-state index in [1.807, 2.05) is 6.92 Å². The van der Waals surface area contributed by atoms with Gasteiger partial charge in [-0.3, -0.25) is 4.68 Å². The van der Waals surface area contributed by atoms with Crippen LogP contribution in [0.5, 0.6) is 0 Å². The minimum atomic E-state index is -0.385. The lowest BCUT2D eigenvalue weighted by Gasteiger charge is -2.02. The quantitative estimate of drug-likeness (QED) is 0.746. The topological polar surface area (TPSA) is 91.6 Å². The van der Waals surface area contributed by atoms with Crippen LogP contribution in [-0.4, -0.2) is 24.5 Å². The summed E-state index contributed by atoms with van der Waals surface area (Å²) in [5.41, 5.74) is 6.51. The second kappa shape index (κ2) is 3.76. The Balaban J connectivity index is 2.55. The van der Waals surface area contributed by atoms with Gasteiger partial charge in [0.2, 0.25) is 0 Å². The zero-order valence-electron chi connectivity index (χ0n) is 9.08. The highest BCUT2D eigenvalue weighted by Gasteiger charge is 2.10. The summed E-state index contributed by atoms with van der Waals surface area (Å²) in [5.74, 6) is 0.172. The molecule has 2 rings (SSSR count). The molecule has 0 amide bonds. The van der Waals surface area contributed by atoms with Gasteiger partial charge in [-0.25, -0.2) is 4.79 Å². The van der Waals surface area contributed by atoms with Crippen LogP contribution in [0.2, 0.25) is 0 Å². The molecule has 7 nitrogen and oxygen atoms in total. The first kappa shape index (κ1) is 10.3. The van der Waals surface area contributed by atoms with E-state index in [0.717, 1.165) is 6.54 Å². The predicted molar refractivity (Wildman–Crippen MR) is 58.6 cm³/mol. The lowest BCUT2D eigenvalue weighted by atomic mass is 10.2. The van der Waals surface area contributed by atoms with Crippen LogP contribution >= 0.6 is 0 Å². The molecule has 0 saturated heterocycles. The largest absolute Gasteiger partial charge is 0.383 e. The third kappa shape index (κ3) is 1.67. The first-order valence-electron chi connectivity index (χ1n) is 4.85. The van der Waals surface area contributed by atoms with Crippen molar-refractivity contribution >= 4 is 5.82 Å². The lowest BCUT2D eigenvalue weighted by Crippen LogP contribution is -2.21. The molecule has 0 fully saturated rings. The standard InChI is InChI=1S/C9H12N6O/c1-3-15-5-7(12-13-15)6-4-14(2)9(16)11-8(6)10/h4-5H,3H2,1-2H3,(H2,10,11,16). The molecule has 2 heterocycles.